The van der Waals surface area contributed by atoms with E-state index < -0.39 is 0 Å². The zero-order valence-electron chi connectivity index (χ0n) is 25.7. The van der Waals surface area contributed by atoms with Crippen molar-refractivity contribution in [2.45, 2.75) is 65.8 Å². The van der Waals surface area contributed by atoms with Crippen LogP contribution in [0.2, 0.25) is 0 Å². The highest BCUT2D eigenvalue weighted by Gasteiger charge is 2.25. The molecule has 1 N–H and O–H groups in total. The topological polar surface area (TPSA) is 89.4 Å². The highest BCUT2D eigenvalue weighted by atomic mass is 32.1. The summed E-state index contributed by atoms with van der Waals surface area (Å²) >= 11 is 1.83. The average molecular weight is 604 g/mol. The van der Waals surface area contributed by atoms with Gasteiger partial charge in [0.25, 0.3) is 0 Å². The Kier molecular flexibility index (Phi) is 7.59. The van der Waals surface area contributed by atoms with Gasteiger partial charge in [-0.1, -0.05) is 30.3 Å². The molecule has 0 amide bonds. The largest absolute Gasteiger partial charge is 0.435 e. The number of nitriles is 1. The van der Waals surface area contributed by atoms with Crippen LogP contribution in [0.4, 0.5) is 0 Å². The lowest BCUT2D eigenvalue weighted by atomic mass is 9.91. The van der Waals surface area contributed by atoms with Gasteiger partial charge in [0.1, 0.15) is 16.6 Å². The third-order valence-electron chi connectivity index (χ3n) is 9.23. The molecule has 224 valence electrons. The van der Waals surface area contributed by atoms with Crippen molar-refractivity contribution in [2.24, 2.45) is 0 Å². The first-order valence-corrected chi connectivity index (χ1v) is 16.3. The van der Waals surface area contributed by atoms with Crippen molar-refractivity contribution in [2.75, 3.05) is 19.6 Å². The molecule has 2 aliphatic rings. The van der Waals surface area contributed by atoms with E-state index in [4.69, 9.17) is 14.4 Å². The van der Waals surface area contributed by atoms with Crippen molar-refractivity contribution in [3.63, 3.8) is 0 Å². The van der Waals surface area contributed by atoms with E-state index in [0.717, 1.165) is 59.7 Å². The Hall–Kier alpha value is -3.87. The van der Waals surface area contributed by atoms with Crippen LogP contribution in [0.1, 0.15) is 53.1 Å². The number of hydrogen-bond acceptors (Lipinski definition) is 8. The van der Waals surface area contributed by atoms with Crippen LogP contribution in [-0.2, 0) is 19.5 Å². The molecule has 0 aliphatic carbocycles. The number of nitrogens with zero attached hydrogens (tertiary/aromatic N) is 5. The van der Waals surface area contributed by atoms with E-state index in [1.807, 2.05) is 29.5 Å². The summed E-state index contributed by atoms with van der Waals surface area (Å²) in [5.41, 5.74) is 10.6. The summed E-state index contributed by atoms with van der Waals surface area (Å²) < 4.78 is 6.29. The Bertz CT molecular complexity index is 1920. The van der Waals surface area contributed by atoms with Gasteiger partial charge in [-0.2, -0.15) is 5.26 Å². The molecule has 1 saturated heterocycles. The van der Waals surface area contributed by atoms with Gasteiger partial charge in [0, 0.05) is 61.2 Å². The van der Waals surface area contributed by atoms with Gasteiger partial charge in [-0.25, -0.2) is 9.97 Å². The van der Waals surface area contributed by atoms with E-state index in [1.165, 1.54) is 27.3 Å². The molecule has 0 radical (unpaired) electrons. The molecule has 8 heteroatoms. The second-order valence-corrected chi connectivity index (χ2v) is 13.5. The molecular weight excluding hydrogens is 566 g/mol. The zero-order chi connectivity index (χ0) is 30.5. The van der Waals surface area contributed by atoms with Crippen molar-refractivity contribution >= 4 is 22.4 Å². The summed E-state index contributed by atoms with van der Waals surface area (Å²) in [6.45, 7) is 13.0. The maximum Gasteiger partial charge on any atom is 0.227 e. The van der Waals surface area contributed by atoms with Gasteiger partial charge >= 0.3 is 0 Å². The predicted molar refractivity (Wildman–Crippen MR) is 175 cm³/mol. The van der Waals surface area contributed by atoms with Gasteiger partial charge in [0.05, 0.1) is 17.4 Å². The lowest BCUT2D eigenvalue weighted by molar-refractivity contribution is 0.175. The fourth-order valence-electron chi connectivity index (χ4n) is 6.68. The SMILES string of the molecule is Cc1c(-c2nc3cc(CN4CC[C@@H](O)C4)cc(C#N)c3o2)cccc1-c1cccc(-c2nc3c(s2)CN(C(C)C)CC3)c1C. The molecule has 0 spiro atoms. The number of thiazole rings is 1. The zero-order valence-corrected chi connectivity index (χ0v) is 26.5. The number of aliphatic hydroxyl groups is 1. The van der Waals surface area contributed by atoms with Crippen molar-refractivity contribution in [1.82, 2.24) is 19.8 Å². The van der Waals surface area contributed by atoms with Gasteiger partial charge in [0.2, 0.25) is 5.89 Å². The van der Waals surface area contributed by atoms with Gasteiger partial charge < -0.3 is 9.52 Å². The summed E-state index contributed by atoms with van der Waals surface area (Å²) in [6.07, 6.45) is 1.50. The van der Waals surface area contributed by atoms with Crippen molar-refractivity contribution in [1.29, 1.82) is 5.26 Å². The van der Waals surface area contributed by atoms with E-state index in [-0.39, 0.29) is 6.10 Å². The fourth-order valence-corrected chi connectivity index (χ4v) is 7.90. The molecule has 4 heterocycles. The Labute approximate surface area is 262 Å². The minimum Gasteiger partial charge on any atom is -0.435 e. The molecule has 3 aromatic carbocycles. The second kappa shape index (κ2) is 11.6. The number of β-amino-alcohol motifs (C(OH)–C–C–N with tert-alkyl or cyclic N) is 1. The monoisotopic (exact) mass is 603 g/mol. The summed E-state index contributed by atoms with van der Waals surface area (Å²) in [7, 11) is 0. The molecule has 7 nitrogen and oxygen atoms in total. The van der Waals surface area contributed by atoms with Crippen LogP contribution in [0, 0.1) is 25.2 Å². The molecule has 1 atom stereocenters. The van der Waals surface area contributed by atoms with Crippen LogP contribution in [0.25, 0.3) is 44.3 Å². The normalized spacial score (nSPS) is 17.4. The lowest BCUT2D eigenvalue weighted by Crippen LogP contribution is -2.35. The maximum absolute atomic E-state index is 9.93. The van der Waals surface area contributed by atoms with E-state index in [0.29, 0.717) is 41.7 Å². The molecule has 1 fully saturated rings. The predicted octanol–water partition coefficient (Wildman–Crippen LogP) is 7.11. The van der Waals surface area contributed by atoms with Crippen LogP contribution in [0.5, 0.6) is 0 Å². The third kappa shape index (κ3) is 5.24. The van der Waals surface area contributed by atoms with Gasteiger partial charge in [-0.3, -0.25) is 9.80 Å². The smallest absolute Gasteiger partial charge is 0.227 e. The molecule has 7 rings (SSSR count). The Morgan fingerprint density at radius 2 is 1.75 bits per heavy atom. The van der Waals surface area contributed by atoms with Crippen LogP contribution < -0.4 is 0 Å². The summed E-state index contributed by atoms with van der Waals surface area (Å²) in [5.74, 6) is 0.515. The fraction of sp³-hybridized carbons (Fsp3) is 0.361. The molecule has 44 heavy (non-hydrogen) atoms. The molecule has 2 aromatic heterocycles. The summed E-state index contributed by atoms with van der Waals surface area (Å²) in [5, 5.41) is 21.0. The second-order valence-electron chi connectivity index (χ2n) is 12.5. The number of fused-ring (bicyclic) bond motifs is 2. The van der Waals surface area contributed by atoms with Crippen molar-refractivity contribution < 1.29 is 9.52 Å². The Morgan fingerprint density at radius 3 is 2.45 bits per heavy atom. The van der Waals surface area contributed by atoms with E-state index >= 15 is 0 Å². The quantitative estimate of drug-likeness (QED) is 0.221. The lowest BCUT2D eigenvalue weighted by Gasteiger charge is -2.29. The molecule has 5 aromatic rings. The number of oxazole rings is 1. The third-order valence-corrected chi connectivity index (χ3v) is 10.3. The minimum atomic E-state index is -0.282. The maximum atomic E-state index is 9.93. The van der Waals surface area contributed by atoms with E-state index in [2.05, 4.69) is 73.9 Å². The number of benzene rings is 3. The van der Waals surface area contributed by atoms with Crippen LogP contribution >= 0.6 is 11.3 Å². The van der Waals surface area contributed by atoms with Crippen LogP contribution in [0.15, 0.2) is 52.9 Å². The first kappa shape index (κ1) is 28.9. The van der Waals surface area contributed by atoms with Gasteiger partial charge in [-0.05, 0) is 80.1 Å². The molecule has 0 saturated carbocycles. The minimum absolute atomic E-state index is 0.282. The van der Waals surface area contributed by atoms with Crippen molar-refractivity contribution in [3.05, 3.63) is 81.4 Å². The van der Waals surface area contributed by atoms with Gasteiger partial charge in [0.15, 0.2) is 5.58 Å². The molecule has 0 bridgehead atoms. The standard InChI is InChI=1S/C36H37N5O2S/c1-21(2)41-14-12-31-33(20-41)44-36(39-31)30-10-6-8-28(23(30)4)27-7-5-9-29(22(27)3)35-38-32-16-24(15-25(17-37)34(32)43-35)18-40-13-11-26(42)19-40/h5-10,15-16,21,26,42H,11-14,18-20H2,1-4H3/t26-/m1/s1. The highest BCUT2D eigenvalue weighted by Crippen LogP contribution is 2.40. The highest BCUT2D eigenvalue weighted by molar-refractivity contribution is 7.15. The average Bonchev–Trinajstić information content (AvgIpc) is 3.74. The Morgan fingerprint density at radius 1 is 1.02 bits per heavy atom. The first-order chi connectivity index (χ1) is 21.3. The van der Waals surface area contributed by atoms with E-state index in [1.54, 1.807) is 0 Å². The number of aliphatic hydroxyl groups excluding tert-OH is 1. The molecular formula is C36H37N5O2S. The number of likely N-dealkylation sites (tertiary alicyclic amines) is 1. The summed E-state index contributed by atoms with van der Waals surface area (Å²) in [4.78, 5) is 16.1. The number of rotatable bonds is 6. The van der Waals surface area contributed by atoms with Crippen LogP contribution in [0.3, 0.4) is 0 Å². The Balaban J connectivity index is 1.23. The number of aromatic nitrogens is 2. The summed E-state index contributed by atoms with van der Waals surface area (Å²) in [6, 6.07) is 19.5. The van der Waals surface area contributed by atoms with Crippen LogP contribution in [-0.4, -0.2) is 56.7 Å². The number of hydrogen-bond donors (Lipinski definition) is 1. The molecule has 0 unspecified atom stereocenters. The first-order valence-electron chi connectivity index (χ1n) is 15.5. The van der Waals surface area contributed by atoms with Gasteiger partial charge in [-0.15, -0.1) is 11.3 Å². The van der Waals surface area contributed by atoms with E-state index in [9.17, 15) is 10.4 Å². The molecule has 2 aliphatic heterocycles. The van der Waals surface area contributed by atoms with Crippen molar-refractivity contribution in [3.8, 4) is 39.2 Å².